The van der Waals surface area contributed by atoms with Gasteiger partial charge in [-0.15, -0.1) is 6.58 Å². The second kappa shape index (κ2) is 14.4. The number of benzene rings is 2. The lowest BCUT2D eigenvalue weighted by atomic mass is 9.97. The molecule has 2 aromatic rings. The third kappa shape index (κ3) is 9.32. The van der Waals surface area contributed by atoms with Gasteiger partial charge in [-0.3, -0.25) is 9.59 Å². The Kier molecular flexibility index (Phi) is 11.6. The number of carbonyl (C=O) groups is 3. The second-order valence-corrected chi connectivity index (χ2v) is 11.0. The molecule has 40 heavy (non-hydrogen) atoms. The number of phenols is 2. The van der Waals surface area contributed by atoms with Crippen molar-refractivity contribution in [3.63, 3.8) is 0 Å². The van der Waals surface area contributed by atoms with Gasteiger partial charge in [-0.05, 0) is 64.3 Å². The molecule has 0 bridgehead atoms. The second-order valence-electron chi connectivity index (χ2n) is 11.0. The molecule has 0 saturated carbocycles. The summed E-state index contributed by atoms with van der Waals surface area (Å²) >= 11 is 0. The van der Waals surface area contributed by atoms with E-state index < -0.39 is 35.6 Å². The number of hydrogen-bond acceptors (Lipinski definition) is 6. The van der Waals surface area contributed by atoms with E-state index in [-0.39, 0.29) is 36.1 Å². The molecule has 3 atom stereocenters. The van der Waals surface area contributed by atoms with E-state index in [1.54, 1.807) is 58.0 Å². The highest BCUT2D eigenvalue weighted by molar-refractivity contribution is 5.93. The quantitative estimate of drug-likeness (QED) is 0.277. The van der Waals surface area contributed by atoms with Crippen molar-refractivity contribution in [3.8, 4) is 11.5 Å². The molecular weight excluding hydrogens is 510 g/mol. The maximum Gasteiger partial charge on any atom is 0.408 e. The van der Waals surface area contributed by atoms with Crippen molar-refractivity contribution in [1.82, 2.24) is 15.5 Å². The van der Waals surface area contributed by atoms with Gasteiger partial charge in [0.1, 0.15) is 29.2 Å². The Balaban J connectivity index is 2.59. The lowest BCUT2D eigenvalue weighted by Crippen LogP contribution is -2.54. The molecule has 9 heteroatoms. The molecular formula is C31H43N3O6. The normalized spacial score (nSPS) is 13.4. The first kappa shape index (κ1) is 32.2. The predicted octanol–water partition coefficient (Wildman–Crippen LogP) is 4.90. The molecule has 218 valence electrons. The number of aryl methyl sites for hydroxylation is 1. The third-order valence-corrected chi connectivity index (χ3v) is 6.21. The number of amides is 3. The summed E-state index contributed by atoms with van der Waals surface area (Å²) in [5, 5.41) is 26.3. The SMILES string of the molecule is C=CCN(C(=O)C(Cc1ccc(O)cc1)NC(=O)OC(C)(C)C)C(C(=O)NC(C)CCC)c1cccc(C)c1O. The van der Waals surface area contributed by atoms with Crippen molar-refractivity contribution in [3.05, 3.63) is 71.8 Å². The Bertz CT molecular complexity index is 1170. The number of alkyl carbamates (subject to hydrolysis) is 1. The molecule has 9 nitrogen and oxygen atoms in total. The summed E-state index contributed by atoms with van der Waals surface area (Å²) in [5.41, 5.74) is 0.677. The minimum Gasteiger partial charge on any atom is -0.508 e. The van der Waals surface area contributed by atoms with Crippen molar-refractivity contribution in [2.24, 2.45) is 0 Å². The Labute approximate surface area is 237 Å². The summed E-state index contributed by atoms with van der Waals surface area (Å²) < 4.78 is 5.42. The van der Waals surface area contributed by atoms with Crippen molar-refractivity contribution >= 4 is 17.9 Å². The molecule has 2 rings (SSSR count). The van der Waals surface area contributed by atoms with E-state index in [0.29, 0.717) is 11.1 Å². The van der Waals surface area contributed by atoms with Crippen LogP contribution in [0.4, 0.5) is 4.79 Å². The summed E-state index contributed by atoms with van der Waals surface area (Å²) in [6, 6.07) is 8.80. The van der Waals surface area contributed by atoms with Crippen LogP contribution in [0.25, 0.3) is 0 Å². The van der Waals surface area contributed by atoms with Gasteiger partial charge in [-0.2, -0.15) is 0 Å². The number of carbonyl (C=O) groups excluding carboxylic acids is 3. The van der Waals surface area contributed by atoms with Crippen LogP contribution in [0.5, 0.6) is 11.5 Å². The van der Waals surface area contributed by atoms with E-state index in [1.807, 2.05) is 13.8 Å². The van der Waals surface area contributed by atoms with Gasteiger partial charge in [0.05, 0.1) is 0 Å². The number of phenolic OH excluding ortho intramolecular Hbond substituents is 2. The lowest BCUT2D eigenvalue weighted by molar-refractivity contribution is -0.142. The number of aromatic hydroxyl groups is 2. The van der Waals surface area contributed by atoms with Gasteiger partial charge in [0.15, 0.2) is 0 Å². The Morgan fingerprint density at radius 2 is 1.73 bits per heavy atom. The molecule has 0 aliphatic carbocycles. The van der Waals surface area contributed by atoms with Crippen LogP contribution in [-0.2, 0) is 20.7 Å². The maximum absolute atomic E-state index is 14.2. The number of nitrogens with zero attached hydrogens (tertiary/aromatic N) is 1. The van der Waals surface area contributed by atoms with E-state index in [0.717, 1.165) is 12.8 Å². The van der Waals surface area contributed by atoms with Gasteiger partial charge < -0.3 is 30.5 Å². The number of hydrogen-bond donors (Lipinski definition) is 4. The molecule has 0 saturated heterocycles. The predicted molar refractivity (Wildman–Crippen MR) is 155 cm³/mol. The van der Waals surface area contributed by atoms with E-state index in [9.17, 15) is 24.6 Å². The summed E-state index contributed by atoms with van der Waals surface area (Å²) in [4.78, 5) is 42.1. The van der Waals surface area contributed by atoms with Crippen molar-refractivity contribution in [1.29, 1.82) is 0 Å². The minimum absolute atomic E-state index is 0.0332. The van der Waals surface area contributed by atoms with Crippen LogP contribution in [0.1, 0.15) is 70.2 Å². The van der Waals surface area contributed by atoms with Crippen molar-refractivity contribution in [2.45, 2.75) is 84.5 Å². The fourth-order valence-electron chi connectivity index (χ4n) is 4.36. The third-order valence-electron chi connectivity index (χ3n) is 6.21. The maximum atomic E-state index is 14.2. The topological polar surface area (TPSA) is 128 Å². The molecule has 0 heterocycles. The Morgan fingerprint density at radius 3 is 2.30 bits per heavy atom. The van der Waals surface area contributed by atoms with E-state index >= 15 is 0 Å². The summed E-state index contributed by atoms with van der Waals surface area (Å²) in [7, 11) is 0. The van der Waals surface area contributed by atoms with Gasteiger partial charge in [-0.25, -0.2) is 4.79 Å². The molecule has 4 N–H and O–H groups in total. The van der Waals surface area contributed by atoms with Crippen LogP contribution in [-0.4, -0.2) is 57.3 Å². The average molecular weight is 554 g/mol. The van der Waals surface area contributed by atoms with Gasteiger partial charge in [0.2, 0.25) is 11.8 Å². The Hall–Kier alpha value is -4.01. The average Bonchev–Trinajstić information content (AvgIpc) is 2.85. The largest absolute Gasteiger partial charge is 0.508 e. The smallest absolute Gasteiger partial charge is 0.408 e. The molecule has 3 amide bonds. The number of ether oxygens (including phenoxy) is 1. The number of rotatable bonds is 12. The standard InChI is InChI=1S/C31H43N3O6/c1-8-11-21(4)32-28(37)26(24-13-10-12-20(3)27(24)36)34(18-9-2)29(38)25(33-30(39)40-31(5,6)7)19-22-14-16-23(35)17-15-22/h9-10,12-17,21,25-26,35-36H,2,8,11,18-19H2,1,3-7H3,(H,32,37)(H,33,39). The van der Waals surface area contributed by atoms with Gasteiger partial charge >= 0.3 is 6.09 Å². The van der Waals surface area contributed by atoms with Crippen molar-refractivity contribution < 1.29 is 29.3 Å². The van der Waals surface area contributed by atoms with Crippen LogP contribution in [0.2, 0.25) is 0 Å². The first-order valence-corrected chi connectivity index (χ1v) is 13.5. The molecule has 0 aliphatic rings. The first-order valence-electron chi connectivity index (χ1n) is 13.5. The zero-order valence-corrected chi connectivity index (χ0v) is 24.4. The molecule has 0 radical (unpaired) electrons. The van der Waals surface area contributed by atoms with E-state index in [4.69, 9.17) is 4.74 Å². The highest BCUT2D eigenvalue weighted by Gasteiger charge is 2.37. The van der Waals surface area contributed by atoms with Crippen LogP contribution >= 0.6 is 0 Å². The molecule has 0 fully saturated rings. The molecule has 0 aliphatic heterocycles. The summed E-state index contributed by atoms with van der Waals surface area (Å²) in [5.74, 6) is -1.06. The van der Waals surface area contributed by atoms with E-state index in [2.05, 4.69) is 17.2 Å². The minimum atomic E-state index is -1.20. The molecule has 0 aromatic heterocycles. The molecule has 0 spiro atoms. The Morgan fingerprint density at radius 1 is 1.07 bits per heavy atom. The zero-order chi connectivity index (χ0) is 30.0. The number of para-hydroxylation sites is 1. The monoisotopic (exact) mass is 553 g/mol. The summed E-state index contributed by atoms with van der Waals surface area (Å²) in [6.45, 7) is 14.5. The number of nitrogens with one attached hydrogen (secondary N) is 2. The zero-order valence-electron chi connectivity index (χ0n) is 24.4. The van der Waals surface area contributed by atoms with Crippen LogP contribution in [0, 0.1) is 6.92 Å². The fraction of sp³-hybridized carbons (Fsp3) is 0.452. The van der Waals surface area contributed by atoms with Crippen LogP contribution < -0.4 is 10.6 Å². The molecule has 3 unspecified atom stereocenters. The van der Waals surface area contributed by atoms with Crippen molar-refractivity contribution in [2.75, 3.05) is 6.54 Å². The lowest BCUT2D eigenvalue weighted by Gasteiger charge is -2.35. The highest BCUT2D eigenvalue weighted by atomic mass is 16.6. The van der Waals surface area contributed by atoms with Crippen LogP contribution in [0.3, 0.4) is 0 Å². The van der Waals surface area contributed by atoms with Gasteiger partial charge in [0, 0.05) is 24.6 Å². The van der Waals surface area contributed by atoms with E-state index in [1.165, 1.54) is 23.1 Å². The fourth-order valence-corrected chi connectivity index (χ4v) is 4.36. The first-order chi connectivity index (χ1) is 18.8. The van der Waals surface area contributed by atoms with Crippen LogP contribution in [0.15, 0.2) is 55.1 Å². The molecule has 2 aromatic carbocycles. The van der Waals surface area contributed by atoms with Gasteiger partial charge in [0.25, 0.3) is 0 Å². The highest BCUT2D eigenvalue weighted by Crippen LogP contribution is 2.32. The van der Waals surface area contributed by atoms with Gasteiger partial charge in [-0.1, -0.05) is 49.8 Å². The summed E-state index contributed by atoms with van der Waals surface area (Å²) in [6.07, 6.45) is 2.35.